The number of carbonyl (C=O) groups is 1. The fourth-order valence-corrected chi connectivity index (χ4v) is 3.27. The molecule has 1 N–H and O–H groups in total. The van der Waals surface area contributed by atoms with Crippen molar-refractivity contribution in [2.45, 2.75) is 17.1 Å². The van der Waals surface area contributed by atoms with E-state index in [0.717, 1.165) is 22.9 Å². The fraction of sp³-hybridized carbons (Fsp3) is 0.133. The van der Waals surface area contributed by atoms with Crippen LogP contribution in [0.5, 0.6) is 0 Å². The van der Waals surface area contributed by atoms with Crippen LogP contribution in [0.3, 0.4) is 0 Å². The molecule has 2 aromatic heterocycles. The van der Waals surface area contributed by atoms with Gasteiger partial charge in [0.25, 0.3) is 0 Å². The summed E-state index contributed by atoms with van der Waals surface area (Å²) in [6, 6.07) is 10.6. The van der Waals surface area contributed by atoms with Gasteiger partial charge >= 0.3 is 5.97 Å². The Morgan fingerprint density at radius 1 is 1.14 bits per heavy atom. The molecule has 0 aliphatic rings. The summed E-state index contributed by atoms with van der Waals surface area (Å²) in [7, 11) is 0. The van der Waals surface area contributed by atoms with Gasteiger partial charge in [0.15, 0.2) is 0 Å². The molecule has 3 rings (SSSR count). The number of fused-ring (bicyclic) bond motifs is 2. The van der Waals surface area contributed by atoms with Gasteiger partial charge in [-0.05, 0) is 31.2 Å². The molecule has 1 aromatic carbocycles. The zero-order valence-corrected chi connectivity index (χ0v) is 14.4. The summed E-state index contributed by atoms with van der Waals surface area (Å²) in [5.41, 5.74) is 1.63. The van der Waals surface area contributed by atoms with E-state index in [4.69, 9.17) is 44.3 Å². The second kappa shape index (κ2) is 7.47. The lowest BCUT2D eigenvalue weighted by Gasteiger charge is -2.09. The van der Waals surface area contributed by atoms with Gasteiger partial charge in [0.1, 0.15) is 16.4 Å². The number of hydrogen-bond donors (Lipinski definition) is 1. The van der Waals surface area contributed by atoms with Crippen molar-refractivity contribution in [3.63, 3.8) is 0 Å². The first-order chi connectivity index (χ1) is 10.4. The highest BCUT2D eigenvalue weighted by Crippen LogP contribution is 2.36. The Kier molecular flexibility index (Phi) is 5.87. The van der Waals surface area contributed by atoms with Gasteiger partial charge < -0.3 is 9.52 Å². The number of carboxylic acid groups (broad SMARTS) is 1. The van der Waals surface area contributed by atoms with Crippen molar-refractivity contribution in [1.82, 2.24) is 0 Å². The van der Waals surface area contributed by atoms with Gasteiger partial charge in [0.2, 0.25) is 0 Å². The van der Waals surface area contributed by atoms with E-state index >= 15 is 0 Å². The second-order valence-electron chi connectivity index (χ2n) is 4.34. The maximum absolute atomic E-state index is 10.6. The van der Waals surface area contributed by atoms with Crippen LogP contribution in [-0.2, 0) is 4.79 Å². The molecule has 0 fully saturated rings. The molecule has 0 amide bonds. The normalized spacial score (nSPS) is 12.0. The number of aliphatic carboxylic acids is 1. The minimum absolute atomic E-state index is 0.482. The van der Waals surface area contributed by atoms with Crippen molar-refractivity contribution in [3.05, 3.63) is 51.5 Å². The molecule has 3 aromatic rings. The SMILES string of the molecule is CC(Sc1c(Cl)cccc1Cl)C(=O)O.Clc1cc2ccc1o2. The molecular formula is C15H11Cl3O3S. The summed E-state index contributed by atoms with van der Waals surface area (Å²) >= 11 is 18.5. The minimum atomic E-state index is -0.883. The average Bonchev–Trinajstić information content (AvgIpc) is 3.05. The van der Waals surface area contributed by atoms with Crippen LogP contribution in [0, 0.1) is 0 Å². The highest BCUT2D eigenvalue weighted by molar-refractivity contribution is 8.00. The van der Waals surface area contributed by atoms with Crippen molar-refractivity contribution >= 4 is 63.7 Å². The lowest BCUT2D eigenvalue weighted by Crippen LogP contribution is -2.11. The molecule has 0 spiro atoms. The summed E-state index contributed by atoms with van der Waals surface area (Å²) in [4.78, 5) is 11.2. The molecule has 1 unspecified atom stereocenters. The quantitative estimate of drug-likeness (QED) is 0.562. The zero-order chi connectivity index (χ0) is 16.3. The lowest BCUT2D eigenvalue weighted by atomic mass is 10.4. The van der Waals surface area contributed by atoms with Crippen molar-refractivity contribution in [3.8, 4) is 0 Å². The Morgan fingerprint density at radius 3 is 2.14 bits per heavy atom. The largest absolute Gasteiger partial charge is 0.480 e. The second-order valence-corrected chi connectivity index (χ2v) is 6.92. The molecule has 0 saturated heterocycles. The average molecular weight is 378 g/mol. The predicted molar refractivity (Wildman–Crippen MR) is 91.8 cm³/mol. The highest BCUT2D eigenvalue weighted by atomic mass is 35.5. The van der Waals surface area contributed by atoms with Crippen LogP contribution in [0.4, 0.5) is 0 Å². The lowest BCUT2D eigenvalue weighted by molar-refractivity contribution is -0.136. The highest BCUT2D eigenvalue weighted by Gasteiger charge is 2.16. The molecule has 0 saturated carbocycles. The van der Waals surface area contributed by atoms with Crippen molar-refractivity contribution < 1.29 is 14.3 Å². The van der Waals surface area contributed by atoms with Crippen LogP contribution in [0.25, 0.3) is 11.2 Å². The van der Waals surface area contributed by atoms with Crippen molar-refractivity contribution in [2.75, 3.05) is 0 Å². The first-order valence-electron chi connectivity index (χ1n) is 6.19. The Hall–Kier alpha value is -1.07. The molecule has 1 atom stereocenters. The number of halogens is 3. The number of furan rings is 2. The molecular weight excluding hydrogens is 367 g/mol. The molecule has 0 aliphatic heterocycles. The third kappa shape index (κ3) is 4.23. The van der Waals surface area contributed by atoms with Gasteiger partial charge in [-0.25, -0.2) is 0 Å². The summed E-state index contributed by atoms with van der Waals surface area (Å²) in [6.45, 7) is 1.59. The van der Waals surface area contributed by atoms with Gasteiger partial charge in [-0.2, -0.15) is 0 Å². The number of benzene rings is 2. The molecule has 3 nitrogen and oxygen atoms in total. The number of rotatable bonds is 3. The number of hydrogen-bond acceptors (Lipinski definition) is 3. The molecule has 7 heteroatoms. The topological polar surface area (TPSA) is 50.4 Å². The first kappa shape index (κ1) is 17.3. The maximum atomic E-state index is 10.6. The number of thioether (sulfide) groups is 1. The first-order valence-corrected chi connectivity index (χ1v) is 8.20. The Bertz CT molecular complexity index is 752. The molecule has 2 heterocycles. The van der Waals surface area contributed by atoms with Gasteiger partial charge in [-0.1, -0.05) is 40.9 Å². The van der Waals surface area contributed by atoms with Crippen LogP contribution in [0.2, 0.25) is 15.1 Å². The van der Waals surface area contributed by atoms with E-state index in [2.05, 4.69) is 0 Å². The monoisotopic (exact) mass is 376 g/mol. The van der Waals surface area contributed by atoms with E-state index in [1.54, 1.807) is 31.2 Å². The van der Waals surface area contributed by atoms with Crippen LogP contribution < -0.4 is 0 Å². The van der Waals surface area contributed by atoms with Gasteiger partial charge in [-0.3, -0.25) is 4.79 Å². The van der Waals surface area contributed by atoms with E-state index in [0.29, 0.717) is 20.0 Å². The van der Waals surface area contributed by atoms with Gasteiger partial charge in [0.05, 0.1) is 15.1 Å². The van der Waals surface area contributed by atoms with E-state index in [-0.39, 0.29) is 0 Å². The fourth-order valence-electron chi connectivity index (χ4n) is 1.58. The molecule has 2 bridgehead atoms. The van der Waals surface area contributed by atoms with E-state index in [1.807, 2.05) is 12.1 Å². The maximum Gasteiger partial charge on any atom is 0.316 e. The van der Waals surface area contributed by atoms with Gasteiger partial charge in [0, 0.05) is 11.0 Å². The van der Waals surface area contributed by atoms with Crippen LogP contribution in [-0.4, -0.2) is 16.3 Å². The zero-order valence-electron chi connectivity index (χ0n) is 11.3. The van der Waals surface area contributed by atoms with Crippen LogP contribution >= 0.6 is 46.6 Å². The molecule has 116 valence electrons. The Balaban J connectivity index is 0.000000183. The van der Waals surface area contributed by atoms with Crippen LogP contribution in [0.1, 0.15) is 6.92 Å². The summed E-state index contributed by atoms with van der Waals surface area (Å²) < 4.78 is 5.08. The third-order valence-electron chi connectivity index (χ3n) is 2.69. The summed E-state index contributed by atoms with van der Waals surface area (Å²) in [6.07, 6.45) is 0. The molecule has 0 radical (unpaired) electrons. The van der Waals surface area contributed by atoms with E-state index in [1.165, 1.54) is 0 Å². The summed E-state index contributed by atoms with van der Waals surface area (Å²) in [5.74, 6) is -0.883. The van der Waals surface area contributed by atoms with Crippen molar-refractivity contribution in [2.24, 2.45) is 0 Å². The minimum Gasteiger partial charge on any atom is -0.480 e. The molecule has 22 heavy (non-hydrogen) atoms. The van der Waals surface area contributed by atoms with Crippen LogP contribution in [0.15, 0.2) is 45.7 Å². The smallest absolute Gasteiger partial charge is 0.316 e. The Labute approximate surface area is 146 Å². The third-order valence-corrected chi connectivity index (χ3v) is 5.07. The van der Waals surface area contributed by atoms with Gasteiger partial charge in [-0.15, -0.1) is 11.8 Å². The standard InChI is InChI=1S/C9H8Cl2O2S.C6H3ClO/c1-5(9(12)13)14-8-6(10)3-2-4-7(8)11;7-5-3-4-1-2-6(5)8-4/h2-5H,1H3,(H,12,13);1-3H. The molecule has 0 aliphatic carbocycles. The predicted octanol–water partition coefficient (Wildman–Crippen LogP) is 6.08. The number of carboxylic acids is 1. The van der Waals surface area contributed by atoms with E-state index in [9.17, 15) is 4.79 Å². The summed E-state index contributed by atoms with van der Waals surface area (Å²) in [5, 5.41) is 9.83. The van der Waals surface area contributed by atoms with Crippen molar-refractivity contribution in [1.29, 1.82) is 0 Å². The van der Waals surface area contributed by atoms with E-state index < -0.39 is 11.2 Å². The Morgan fingerprint density at radius 2 is 1.77 bits per heavy atom.